The van der Waals surface area contributed by atoms with Crippen LogP contribution < -0.4 is 0 Å². The van der Waals surface area contributed by atoms with Gasteiger partial charge < -0.3 is 4.52 Å². The summed E-state index contributed by atoms with van der Waals surface area (Å²) in [5, 5.41) is 3.63. The Bertz CT molecular complexity index is 393. The van der Waals surface area contributed by atoms with Gasteiger partial charge in [0.25, 0.3) is 0 Å². The summed E-state index contributed by atoms with van der Waals surface area (Å²) in [4.78, 5) is 8.26. The topological polar surface area (TPSA) is 51.8 Å². The van der Waals surface area contributed by atoms with Crippen molar-refractivity contribution >= 4 is 11.1 Å². The molecule has 0 fully saturated rings. The van der Waals surface area contributed by atoms with Crippen LogP contribution in [0, 0.1) is 13.8 Å². The van der Waals surface area contributed by atoms with Gasteiger partial charge in [-0.15, -0.1) is 0 Å². The lowest BCUT2D eigenvalue weighted by Gasteiger charge is -1.92. The first-order valence-corrected chi connectivity index (χ1v) is 3.33. The van der Waals surface area contributed by atoms with Crippen LogP contribution in [0.25, 0.3) is 11.1 Å². The van der Waals surface area contributed by atoms with E-state index in [0.717, 1.165) is 17.0 Å². The van der Waals surface area contributed by atoms with Crippen LogP contribution in [0.5, 0.6) is 0 Å². The average Bonchev–Trinajstić information content (AvgIpc) is 2.34. The van der Waals surface area contributed by atoms with E-state index in [0.29, 0.717) is 5.58 Å². The molecule has 0 spiro atoms. The molecule has 0 bridgehead atoms. The molecule has 11 heavy (non-hydrogen) atoms. The van der Waals surface area contributed by atoms with Crippen molar-refractivity contribution in [2.75, 3.05) is 0 Å². The number of hydrogen-bond donors (Lipinski definition) is 0. The van der Waals surface area contributed by atoms with Crippen LogP contribution in [0.4, 0.5) is 0 Å². The Morgan fingerprint density at radius 1 is 1.27 bits per heavy atom. The van der Waals surface area contributed by atoms with E-state index in [1.54, 1.807) is 6.20 Å². The van der Waals surface area contributed by atoms with Crippen molar-refractivity contribution in [3.8, 4) is 0 Å². The molecule has 0 saturated heterocycles. The van der Waals surface area contributed by atoms with Crippen LogP contribution in [0.15, 0.2) is 10.7 Å². The highest BCUT2D eigenvalue weighted by molar-refractivity contribution is 5.72. The molecule has 4 nitrogen and oxygen atoms in total. The Morgan fingerprint density at radius 2 is 2.09 bits per heavy atom. The first kappa shape index (κ1) is 6.27. The van der Waals surface area contributed by atoms with E-state index < -0.39 is 0 Å². The van der Waals surface area contributed by atoms with E-state index in [9.17, 15) is 0 Å². The molecule has 0 amide bonds. The predicted octanol–water partition coefficient (Wildman–Crippen LogP) is 1.23. The van der Waals surface area contributed by atoms with Gasteiger partial charge in [-0.1, -0.05) is 5.16 Å². The molecule has 2 rings (SSSR count). The second-order valence-corrected chi connectivity index (χ2v) is 2.40. The lowest BCUT2D eigenvalue weighted by atomic mass is 10.4. The Hall–Kier alpha value is -1.45. The number of aromatic nitrogens is 3. The summed E-state index contributed by atoms with van der Waals surface area (Å²) >= 11 is 0. The molecule has 0 aromatic carbocycles. The molecule has 4 heteroatoms. The second-order valence-electron chi connectivity index (χ2n) is 2.40. The summed E-state index contributed by atoms with van der Waals surface area (Å²) < 4.78 is 4.93. The zero-order valence-corrected chi connectivity index (χ0v) is 6.33. The maximum Gasteiger partial charge on any atom is 0.206 e. The van der Waals surface area contributed by atoms with Gasteiger partial charge in [-0.25, -0.2) is 9.97 Å². The molecular formula is C7H7N3O. The van der Waals surface area contributed by atoms with Gasteiger partial charge in [0.15, 0.2) is 0 Å². The Kier molecular flexibility index (Phi) is 1.15. The van der Waals surface area contributed by atoms with Crippen molar-refractivity contribution in [3.05, 3.63) is 17.7 Å². The number of fused-ring (bicyclic) bond motifs is 1. The van der Waals surface area contributed by atoms with Crippen molar-refractivity contribution in [1.29, 1.82) is 0 Å². The fourth-order valence-electron chi connectivity index (χ4n) is 1.06. The largest absolute Gasteiger partial charge is 0.353 e. The smallest absolute Gasteiger partial charge is 0.206 e. The van der Waals surface area contributed by atoms with Gasteiger partial charge in [-0.3, -0.25) is 0 Å². The summed E-state index contributed by atoms with van der Waals surface area (Å²) in [6.45, 7) is 3.72. The third-order valence-electron chi connectivity index (χ3n) is 1.49. The summed E-state index contributed by atoms with van der Waals surface area (Å²) in [6, 6.07) is 0. The molecule has 0 unspecified atom stereocenters. The van der Waals surface area contributed by atoms with Crippen LogP contribution in [-0.2, 0) is 0 Å². The van der Waals surface area contributed by atoms with E-state index in [1.807, 2.05) is 13.8 Å². The second kappa shape index (κ2) is 2.02. The first-order chi connectivity index (χ1) is 5.27. The Morgan fingerprint density at radius 3 is 2.91 bits per heavy atom. The molecule has 0 saturated carbocycles. The van der Waals surface area contributed by atoms with Crippen LogP contribution in [0.2, 0.25) is 0 Å². The van der Waals surface area contributed by atoms with E-state index in [4.69, 9.17) is 4.52 Å². The van der Waals surface area contributed by atoms with Crippen molar-refractivity contribution in [2.45, 2.75) is 13.8 Å². The van der Waals surface area contributed by atoms with Gasteiger partial charge in [0.2, 0.25) is 5.58 Å². The van der Waals surface area contributed by atoms with E-state index in [-0.39, 0.29) is 0 Å². The summed E-state index contributed by atoms with van der Waals surface area (Å²) in [5.74, 6) is 0.748. The Labute approximate surface area is 63.2 Å². The molecule has 2 aromatic rings. The highest BCUT2D eigenvalue weighted by Crippen LogP contribution is 2.12. The standard InChI is InChI=1S/C7H7N3O/c1-4-7-6(3-8-11-7)10-5(2)9-4/h3H,1-2H3. The molecular weight excluding hydrogens is 142 g/mol. The number of nitrogens with zero attached hydrogens (tertiary/aromatic N) is 3. The van der Waals surface area contributed by atoms with Crippen LogP contribution >= 0.6 is 0 Å². The predicted molar refractivity (Wildman–Crippen MR) is 39.1 cm³/mol. The van der Waals surface area contributed by atoms with Crippen molar-refractivity contribution in [2.24, 2.45) is 0 Å². The maximum absolute atomic E-state index is 4.93. The summed E-state index contributed by atoms with van der Waals surface area (Å²) in [5.41, 5.74) is 2.29. The minimum atomic E-state index is 0.676. The van der Waals surface area contributed by atoms with E-state index in [2.05, 4.69) is 15.1 Å². The number of aryl methyl sites for hydroxylation is 2. The minimum absolute atomic E-state index is 0.676. The fourth-order valence-corrected chi connectivity index (χ4v) is 1.06. The molecule has 2 heterocycles. The van der Waals surface area contributed by atoms with Gasteiger partial charge in [-0.05, 0) is 13.8 Å². The van der Waals surface area contributed by atoms with Gasteiger partial charge in [0.1, 0.15) is 11.3 Å². The third kappa shape index (κ3) is 0.869. The molecule has 0 N–H and O–H groups in total. The van der Waals surface area contributed by atoms with Crippen molar-refractivity contribution < 1.29 is 4.52 Å². The number of rotatable bonds is 0. The van der Waals surface area contributed by atoms with Gasteiger partial charge in [-0.2, -0.15) is 0 Å². The highest BCUT2D eigenvalue weighted by Gasteiger charge is 2.04. The maximum atomic E-state index is 4.93. The third-order valence-corrected chi connectivity index (χ3v) is 1.49. The average molecular weight is 149 g/mol. The van der Waals surface area contributed by atoms with Crippen molar-refractivity contribution in [1.82, 2.24) is 15.1 Å². The quantitative estimate of drug-likeness (QED) is 0.565. The van der Waals surface area contributed by atoms with Crippen LogP contribution in [0.1, 0.15) is 11.5 Å². The lowest BCUT2D eigenvalue weighted by Crippen LogP contribution is -1.89. The molecule has 56 valence electrons. The lowest BCUT2D eigenvalue weighted by molar-refractivity contribution is 0.453. The Balaban J connectivity index is 2.91. The number of hydrogen-bond acceptors (Lipinski definition) is 4. The normalized spacial score (nSPS) is 10.7. The zero-order valence-electron chi connectivity index (χ0n) is 6.33. The molecule has 0 radical (unpaired) electrons. The summed E-state index contributed by atoms with van der Waals surface area (Å²) in [6.07, 6.45) is 1.59. The first-order valence-electron chi connectivity index (χ1n) is 3.33. The van der Waals surface area contributed by atoms with Gasteiger partial charge in [0, 0.05) is 0 Å². The van der Waals surface area contributed by atoms with E-state index in [1.165, 1.54) is 0 Å². The summed E-state index contributed by atoms with van der Waals surface area (Å²) in [7, 11) is 0. The monoisotopic (exact) mass is 149 g/mol. The highest BCUT2D eigenvalue weighted by atomic mass is 16.5. The molecule has 2 aromatic heterocycles. The fraction of sp³-hybridized carbons (Fsp3) is 0.286. The van der Waals surface area contributed by atoms with Crippen molar-refractivity contribution in [3.63, 3.8) is 0 Å². The molecule has 0 aliphatic carbocycles. The van der Waals surface area contributed by atoms with Crippen LogP contribution in [-0.4, -0.2) is 15.1 Å². The minimum Gasteiger partial charge on any atom is -0.353 e. The van der Waals surface area contributed by atoms with Crippen LogP contribution in [0.3, 0.4) is 0 Å². The van der Waals surface area contributed by atoms with E-state index >= 15 is 0 Å². The molecule has 0 aliphatic rings. The van der Waals surface area contributed by atoms with Gasteiger partial charge >= 0.3 is 0 Å². The molecule has 0 aliphatic heterocycles. The van der Waals surface area contributed by atoms with Gasteiger partial charge in [0.05, 0.1) is 11.9 Å². The SMILES string of the molecule is Cc1nc(C)c2oncc2n1. The zero-order chi connectivity index (χ0) is 7.84. The molecule has 0 atom stereocenters.